The maximum absolute atomic E-state index is 13.0. The number of pyridine rings is 1. The Morgan fingerprint density at radius 2 is 1.95 bits per heavy atom. The first-order valence-corrected chi connectivity index (χ1v) is 6.53. The van der Waals surface area contributed by atoms with E-state index in [1.54, 1.807) is 12.1 Å². The van der Waals surface area contributed by atoms with Crippen molar-refractivity contribution in [2.75, 3.05) is 18.5 Å². The van der Waals surface area contributed by atoms with Gasteiger partial charge in [0.05, 0.1) is 10.7 Å². The van der Waals surface area contributed by atoms with Crippen molar-refractivity contribution in [2.45, 2.75) is 0 Å². The average molecular weight is 309 g/mol. The highest BCUT2D eigenvalue weighted by molar-refractivity contribution is 6.34. The van der Waals surface area contributed by atoms with E-state index in [0.29, 0.717) is 35.4 Å². The number of carbonyl (C=O) groups is 1. The Morgan fingerprint density at radius 1 is 1.24 bits per heavy atom. The van der Waals surface area contributed by atoms with Crippen LogP contribution in [-0.4, -0.2) is 24.1 Å². The molecule has 3 rings (SSSR count). The first-order valence-electron chi connectivity index (χ1n) is 6.15. The van der Waals surface area contributed by atoms with E-state index in [0.717, 1.165) is 6.07 Å². The number of carbonyl (C=O) groups excluding carboxylic acids is 1. The Bertz CT molecular complexity index is 709. The summed E-state index contributed by atoms with van der Waals surface area (Å²) in [6.07, 6.45) is 1.22. The van der Waals surface area contributed by atoms with Crippen LogP contribution in [0.2, 0.25) is 5.02 Å². The molecule has 0 bridgehead atoms. The SMILES string of the molecule is O=C(Nc1cc2c(cc1Cl)OCCO2)c1ccnc(F)c1. The zero-order valence-corrected chi connectivity index (χ0v) is 11.5. The summed E-state index contributed by atoms with van der Waals surface area (Å²) in [6.45, 7) is 0.878. The van der Waals surface area contributed by atoms with E-state index >= 15 is 0 Å². The Hall–Kier alpha value is -2.34. The second-order valence-corrected chi connectivity index (χ2v) is 4.70. The number of nitrogens with zero attached hydrogens (tertiary/aromatic N) is 1. The summed E-state index contributed by atoms with van der Waals surface area (Å²) in [5, 5.41) is 2.91. The largest absolute Gasteiger partial charge is 0.486 e. The standard InChI is InChI=1S/C14H10ClFN2O3/c15-9-6-11-12(21-4-3-20-11)7-10(9)18-14(19)8-1-2-17-13(16)5-8/h1-2,5-7H,3-4H2,(H,18,19). The third-order valence-corrected chi connectivity index (χ3v) is 3.18. The number of hydrogen-bond donors (Lipinski definition) is 1. The van der Waals surface area contributed by atoms with Gasteiger partial charge in [0.2, 0.25) is 5.95 Å². The van der Waals surface area contributed by atoms with Crippen molar-refractivity contribution in [3.05, 3.63) is 47.0 Å². The highest BCUT2D eigenvalue weighted by atomic mass is 35.5. The third-order valence-electron chi connectivity index (χ3n) is 2.87. The summed E-state index contributed by atoms with van der Waals surface area (Å²) < 4.78 is 23.8. The van der Waals surface area contributed by atoms with Crippen molar-refractivity contribution in [3.8, 4) is 11.5 Å². The molecular formula is C14H10ClFN2O3. The molecule has 1 aliphatic rings. The Morgan fingerprint density at radius 3 is 2.67 bits per heavy atom. The summed E-state index contributed by atoms with van der Waals surface area (Å²) >= 11 is 6.09. The Balaban J connectivity index is 1.86. The number of aromatic nitrogens is 1. The van der Waals surface area contributed by atoms with Crippen molar-refractivity contribution in [1.82, 2.24) is 4.98 Å². The number of rotatable bonds is 2. The van der Waals surface area contributed by atoms with Gasteiger partial charge in [-0.25, -0.2) is 4.98 Å². The van der Waals surface area contributed by atoms with Gasteiger partial charge >= 0.3 is 0 Å². The van der Waals surface area contributed by atoms with E-state index in [2.05, 4.69) is 10.3 Å². The molecule has 21 heavy (non-hydrogen) atoms. The van der Waals surface area contributed by atoms with Crippen molar-refractivity contribution < 1.29 is 18.7 Å². The van der Waals surface area contributed by atoms with E-state index < -0.39 is 11.9 Å². The lowest BCUT2D eigenvalue weighted by Gasteiger charge is -2.20. The summed E-state index contributed by atoms with van der Waals surface area (Å²) in [4.78, 5) is 15.4. The summed E-state index contributed by atoms with van der Waals surface area (Å²) in [6, 6.07) is 5.59. The normalized spacial score (nSPS) is 12.9. The molecule has 7 heteroatoms. The molecule has 1 aromatic carbocycles. The quantitative estimate of drug-likeness (QED) is 0.867. The zero-order chi connectivity index (χ0) is 14.8. The number of benzene rings is 1. The lowest BCUT2D eigenvalue weighted by atomic mass is 10.2. The van der Waals surface area contributed by atoms with E-state index in [1.165, 1.54) is 12.3 Å². The van der Waals surface area contributed by atoms with Crippen LogP contribution in [0, 0.1) is 5.95 Å². The zero-order valence-electron chi connectivity index (χ0n) is 10.7. The van der Waals surface area contributed by atoms with Crippen molar-refractivity contribution in [2.24, 2.45) is 0 Å². The van der Waals surface area contributed by atoms with E-state index in [-0.39, 0.29) is 5.56 Å². The van der Waals surface area contributed by atoms with Gasteiger partial charge in [0.15, 0.2) is 11.5 Å². The fourth-order valence-electron chi connectivity index (χ4n) is 1.90. The molecule has 0 saturated carbocycles. The molecule has 2 heterocycles. The second-order valence-electron chi connectivity index (χ2n) is 4.30. The molecule has 2 aromatic rings. The molecule has 5 nitrogen and oxygen atoms in total. The lowest BCUT2D eigenvalue weighted by Crippen LogP contribution is -2.17. The van der Waals surface area contributed by atoms with Crippen LogP contribution in [0.15, 0.2) is 30.5 Å². The number of halogens is 2. The highest BCUT2D eigenvalue weighted by Gasteiger charge is 2.17. The third kappa shape index (κ3) is 2.90. The minimum Gasteiger partial charge on any atom is -0.486 e. The first-order chi connectivity index (χ1) is 10.1. The number of nitrogens with one attached hydrogen (secondary N) is 1. The van der Waals surface area contributed by atoms with Crippen LogP contribution in [0.5, 0.6) is 11.5 Å². The predicted molar refractivity (Wildman–Crippen MR) is 74.6 cm³/mol. The molecule has 1 amide bonds. The molecule has 0 aliphatic carbocycles. The summed E-state index contributed by atoms with van der Waals surface area (Å²) in [5.41, 5.74) is 0.511. The molecule has 0 spiro atoms. The average Bonchev–Trinajstić information content (AvgIpc) is 2.48. The maximum atomic E-state index is 13.0. The van der Waals surface area contributed by atoms with Gasteiger partial charge < -0.3 is 14.8 Å². The van der Waals surface area contributed by atoms with Gasteiger partial charge in [0.25, 0.3) is 5.91 Å². The van der Waals surface area contributed by atoms with Gasteiger partial charge in [-0.3, -0.25) is 4.79 Å². The number of hydrogen-bond acceptors (Lipinski definition) is 4. The van der Waals surface area contributed by atoms with Crippen LogP contribution < -0.4 is 14.8 Å². The van der Waals surface area contributed by atoms with E-state index in [9.17, 15) is 9.18 Å². The number of amides is 1. The molecule has 0 atom stereocenters. The van der Waals surface area contributed by atoms with Gasteiger partial charge in [0.1, 0.15) is 13.2 Å². The van der Waals surface area contributed by atoms with Gasteiger partial charge in [0, 0.05) is 30.0 Å². The van der Waals surface area contributed by atoms with Crippen LogP contribution in [0.3, 0.4) is 0 Å². The van der Waals surface area contributed by atoms with Crippen molar-refractivity contribution in [3.63, 3.8) is 0 Å². The molecule has 0 saturated heterocycles. The monoisotopic (exact) mass is 308 g/mol. The minimum atomic E-state index is -0.726. The molecule has 108 valence electrons. The van der Waals surface area contributed by atoms with E-state index in [1.807, 2.05) is 0 Å². The topological polar surface area (TPSA) is 60.5 Å². The Kier molecular flexibility index (Phi) is 3.62. The number of anilines is 1. The minimum absolute atomic E-state index is 0.147. The van der Waals surface area contributed by atoms with Crippen LogP contribution in [-0.2, 0) is 0 Å². The van der Waals surface area contributed by atoms with Crippen LogP contribution >= 0.6 is 11.6 Å². The smallest absolute Gasteiger partial charge is 0.255 e. The lowest BCUT2D eigenvalue weighted by molar-refractivity contribution is 0.102. The fraction of sp³-hybridized carbons (Fsp3) is 0.143. The predicted octanol–water partition coefficient (Wildman–Crippen LogP) is 2.90. The Labute approximate surface area is 124 Å². The van der Waals surface area contributed by atoms with Crippen molar-refractivity contribution in [1.29, 1.82) is 0 Å². The molecule has 0 unspecified atom stereocenters. The highest BCUT2D eigenvalue weighted by Crippen LogP contribution is 2.38. The molecule has 1 aromatic heterocycles. The van der Waals surface area contributed by atoms with Gasteiger partial charge in [-0.05, 0) is 6.07 Å². The second kappa shape index (κ2) is 5.57. The summed E-state index contributed by atoms with van der Waals surface area (Å²) in [7, 11) is 0. The van der Waals surface area contributed by atoms with Crippen molar-refractivity contribution >= 4 is 23.2 Å². The van der Waals surface area contributed by atoms with Crippen LogP contribution in [0.4, 0.5) is 10.1 Å². The van der Waals surface area contributed by atoms with Crippen LogP contribution in [0.1, 0.15) is 10.4 Å². The summed E-state index contributed by atoms with van der Waals surface area (Å²) in [5.74, 6) is -0.188. The number of ether oxygens (including phenoxy) is 2. The molecular weight excluding hydrogens is 299 g/mol. The van der Waals surface area contributed by atoms with Gasteiger partial charge in [-0.2, -0.15) is 4.39 Å². The van der Waals surface area contributed by atoms with Crippen LogP contribution in [0.25, 0.3) is 0 Å². The van der Waals surface area contributed by atoms with E-state index in [4.69, 9.17) is 21.1 Å². The van der Waals surface area contributed by atoms with Gasteiger partial charge in [-0.15, -0.1) is 0 Å². The maximum Gasteiger partial charge on any atom is 0.255 e. The fourth-order valence-corrected chi connectivity index (χ4v) is 2.10. The molecule has 1 N–H and O–H groups in total. The molecule has 1 aliphatic heterocycles. The van der Waals surface area contributed by atoms with Gasteiger partial charge in [-0.1, -0.05) is 11.6 Å². The first kappa shape index (κ1) is 13.6. The molecule has 0 fully saturated rings. The number of fused-ring (bicyclic) bond motifs is 1. The molecule has 0 radical (unpaired) electrons.